The molecule has 0 saturated carbocycles. The minimum absolute atomic E-state index is 0.715. The zero-order chi connectivity index (χ0) is 85.6. The second-order valence-electron chi connectivity index (χ2n) is 33.7. The van der Waals surface area contributed by atoms with Crippen LogP contribution in [0.5, 0.6) is 0 Å². The van der Waals surface area contributed by atoms with Crippen molar-refractivity contribution in [2.24, 2.45) is 91.7 Å². The third-order valence-electron chi connectivity index (χ3n) is 23.2. The molecule has 117 heavy (non-hydrogen) atoms. The molecule has 0 amide bonds. The Kier molecular flexibility index (Phi) is 90.1. The second-order valence-corrected chi connectivity index (χ2v) is 33.7. The molecule has 0 spiro atoms. The minimum Gasteiger partial charge on any atom is -0.330 e. The van der Waals surface area contributed by atoms with E-state index in [0.29, 0.717) is 105 Å². The molecule has 0 unspecified atom stereocenters. The van der Waals surface area contributed by atoms with Crippen LogP contribution in [-0.4, -0.2) is 448 Å². The molecule has 0 rings (SSSR count). The van der Waals surface area contributed by atoms with Crippen LogP contribution in [0.25, 0.3) is 0 Å². The lowest BCUT2D eigenvalue weighted by Gasteiger charge is -2.31. The van der Waals surface area contributed by atoms with E-state index in [0.717, 1.165) is 461 Å². The molecule has 0 fully saturated rings. The van der Waals surface area contributed by atoms with Gasteiger partial charge in [0, 0.05) is 0 Å². The van der Waals surface area contributed by atoms with E-state index in [1.165, 1.54) is 0 Å². The molecule has 0 aliphatic heterocycles. The van der Waals surface area contributed by atoms with Crippen molar-refractivity contribution in [3.8, 4) is 0 Å². The molecule has 0 saturated heterocycles. The topological polar surface area (TPSA) is 462 Å². The SMILES string of the molecule is NCCCN(CCCN)CCCN(CCCN(CCCN)CCCN)CCCN(CCCN(CCCN(CCCN)CCCN)CCCN(CCCN)CCCN)CCCN(CCCN(CCCN(CCCN)CCCN)CCCN(CCCN)CCCN)CCCN(CCCN(CCCN)CCCN)CCCN(CCCN)CCCN. The van der Waals surface area contributed by atoms with Gasteiger partial charge < -0.3 is 160 Å². The fourth-order valence-electron chi connectivity index (χ4n) is 16.5. The van der Waals surface area contributed by atoms with Gasteiger partial charge in [0.25, 0.3) is 0 Å². The van der Waals surface area contributed by atoms with Crippen LogP contribution in [0.4, 0.5) is 0 Å². The summed E-state index contributed by atoms with van der Waals surface area (Å²) in [6, 6.07) is 0. The Morgan fingerprint density at radius 1 is 0.0684 bits per heavy atom. The van der Waals surface area contributed by atoms with E-state index >= 15 is 0 Å². The molecule has 0 bridgehead atoms. The van der Waals surface area contributed by atoms with Crippen molar-refractivity contribution >= 4 is 0 Å². The van der Waals surface area contributed by atoms with E-state index in [9.17, 15) is 0 Å². The highest BCUT2D eigenvalue weighted by Crippen LogP contribution is 2.13. The van der Waals surface area contributed by atoms with Crippen LogP contribution in [-0.2, 0) is 0 Å². The van der Waals surface area contributed by atoms with Gasteiger partial charge in [-0.25, -0.2) is 0 Å². The predicted molar refractivity (Wildman–Crippen MR) is 509 cm³/mol. The molecule has 0 aromatic heterocycles. The summed E-state index contributed by atoms with van der Waals surface area (Å²) < 4.78 is 0. The van der Waals surface area contributed by atoms with Gasteiger partial charge in [0.2, 0.25) is 0 Å². The van der Waals surface area contributed by atoms with Gasteiger partial charge in [0.05, 0.1) is 0 Å². The summed E-state index contributed by atoms with van der Waals surface area (Å²) in [5, 5.41) is 0. The molecule has 0 aromatic rings. The molecule has 0 radical (unpaired) electrons. The summed E-state index contributed by atoms with van der Waals surface area (Å²) in [5.74, 6) is 0. The Balaban J connectivity index is 7.89. The Labute approximate surface area is 722 Å². The normalized spacial score (nSPS) is 12.6. The standard InChI is InChI=1S/C87H206N30/c88-30-1-46-104(47-2-31-89)62-17-70-112(71-18-63-105(48-3-32-90)49-4-33-91)78-25-82-116(83-26-79-113(72-19-64-106(50-5-34-92)51-6-35-93)73-20-65-107(52-7-36-94)53-8-37-95)86-29-87-117(84-27-80-114(74-21-66-108(54-9-38-96)55-10-39-97)75-22-67-109(56-11-40-98)57-12-41-99)85-28-81-115(76-23-68-110(58-13-42-100)59-14-43-101)77-24-69-111(60-15-44-102)61-16-45-103/h1-103H2. The molecule has 704 valence electrons. The van der Waals surface area contributed by atoms with Gasteiger partial charge in [-0.2, -0.15) is 0 Å². The van der Waals surface area contributed by atoms with E-state index in [2.05, 4.69) is 68.6 Å². The number of nitrogens with two attached hydrogens (primary N) is 16. The number of nitrogens with zero attached hydrogens (tertiary/aromatic N) is 14. The van der Waals surface area contributed by atoms with Crippen LogP contribution >= 0.6 is 0 Å². The zero-order valence-corrected chi connectivity index (χ0v) is 77.0. The predicted octanol–water partition coefficient (Wildman–Crippen LogP) is -0.133. The summed E-state index contributed by atoms with van der Waals surface area (Å²) in [6.07, 6.45) is 31.0. The average Bonchev–Trinajstić information content (AvgIpc) is 0.943. The van der Waals surface area contributed by atoms with Crippen molar-refractivity contribution in [1.29, 1.82) is 0 Å². The van der Waals surface area contributed by atoms with E-state index < -0.39 is 0 Å². The highest BCUT2D eigenvalue weighted by Gasteiger charge is 2.20. The quantitative estimate of drug-likeness (QED) is 0.0377. The maximum absolute atomic E-state index is 6.09. The first kappa shape index (κ1) is 116. The molecule has 0 aliphatic rings. The third kappa shape index (κ3) is 73.7. The Hall–Kier alpha value is -1.20. The fourth-order valence-corrected chi connectivity index (χ4v) is 16.5. The number of rotatable bonds is 100. The monoisotopic (exact) mass is 1670 g/mol. The van der Waals surface area contributed by atoms with Crippen LogP contribution in [0.2, 0.25) is 0 Å². The van der Waals surface area contributed by atoms with Crippen molar-refractivity contribution in [2.45, 2.75) is 186 Å². The second kappa shape index (κ2) is 91.0. The van der Waals surface area contributed by atoms with Crippen LogP contribution in [0.1, 0.15) is 186 Å². The molecule has 0 heterocycles. The number of hydrogen-bond donors (Lipinski definition) is 16. The van der Waals surface area contributed by atoms with Crippen molar-refractivity contribution in [3.05, 3.63) is 0 Å². The highest BCUT2D eigenvalue weighted by atomic mass is 15.2. The van der Waals surface area contributed by atoms with Gasteiger partial charge >= 0.3 is 0 Å². The first-order chi connectivity index (χ1) is 57.5. The van der Waals surface area contributed by atoms with Gasteiger partial charge in [0.15, 0.2) is 0 Å². The highest BCUT2D eigenvalue weighted by molar-refractivity contribution is 4.76. The minimum atomic E-state index is 0.715. The summed E-state index contributed by atoms with van der Waals surface area (Å²) in [7, 11) is 0. The van der Waals surface area contributed by atoms with Gasteiger partial charge in [-0.1, -0.05) is 0 Å². The lowest BCUT2D eigenvalue weighted by molar-refractivity contribution is 0.168. The van der Waals surface area contributed by atoms with Gasteiger partial charge in [0.1, 0.15) is 0 Å². The van der Waals surface area contributed by atoms with Crippen molar-refractivity contribution in [3.63, 3.8) is 0 Å². The number of hydrogen-bond acceptors (Lipinski definition) is 30. The maximum Gasteiger partial charge on any atom is -0.000653 e. The molecular formula is C87H206N30. The van der Waals surface area contributed by atoms with Gasteiger partial charge in [-0.15, -0.1) is 0 Å². The van der Waals surface area contributed by atoms with Gasteiger partial charge in [-0.3, -0.25) is 0 Å². The molecule has 30 nitrogen and oxygen atoms in total. The van der Waals surface area contributed by atoms with Crippen molar-refractivity contribution < 1.29 is 0 Å². The van der Waals surface area contributed by atoms with E-state index in [1.807, 2.05) is 0 Å². The smallest absolute Gasteiger partial charge is 0.000653 e. The first-order valence-corrected chi connectivity index (χ1v) is 48.8. The largest absolute Gasteiger partial charge is 0.330 e. The maximum atomic E-state index is 6.09. The fraction of sp³-hybridized carbons (Fsp3) is 1.00. The van der Waals surface area contributed by atoms with E-state index in [4.69, 9.17) is 91.7 Å². The summed E-state index contributed by atoms with van der Waals surface area (Å²) in [4.78, 5) is 37.8. The van der Waals surface area contributed by atoms with Crippen LogP contribution in [0, 0.1) is 0 Å². The molecule has 0 aliphatic carbocycles. The van der Waals surface area contributed by atoms with Crippen LogP contribution in [0.3, 0.4) is 0 Å². The van der Waals surface area contributed by atoms with Crippen molar-refractivity contribution in [1.82, 2.24) is 68.6 Å². The molecule has 0 atom stereocenters. The molecule has 0 aromatic carbocycles. The summed E-state index contributed by atoms with van der Waals surface area (Å²) in [6.45, 7) is 56.2. The van der Waals surface area contributed by atoms with Crippen LogP contribution < -0.4 is 91.7 Å². The summed E-state index contributed by atoms with van der Waals surface area (Å²) in [5.41, 5.74) is 97.5. The van der Waals surface area contributed by atoms with E-state index in [1.54, 1.807) is 0 Å². The van der Waals surface area contributed by atoms with Crippen LogP contribution in [0.15, 0.2) is 0 Å². The lowest BCUT2D eigenvalue weighted by atomic mass is 10.2. The average molecular weight is 1670 g/mol. The third-order valence-corrected chi connectivity index (χ3v) is 23.2. The zero-order valence-electron chi connectivity index (χ0n) is 77.0. The lowest BCUT2D eigenvalue weighted by Crippen LogP contribution is -2.39. The Bertz CT molecular complexity index is 1480. The first-order valence-electron chi connectivity index (χ1n) is 48.8. The van der Waals surface area contributed by atoms with E-state index in [-0.39, 0.29) is 0 Å². The molecule has 30 heteroatoms. The Morgan fingerprint density at radius 2 is 0.111 bits per heavy atom. The van der Waals surface area contributed by atoms with Gasteiger partial charge in [-0.05, 0) is 566 Å². The van der Waals surface area contributed by atoms with Crippen molar-refractivity contribution in [2.75, 3.05) is 380 Å². The summed E-state index contributed by atoms with van der Waals surface area (Å²) >= 11 is 0. The molecular weight excluding hydrogens is 1470 g/mol. The Morgan fingerprint density at radius 3 is 0.154 bits per heavy atom. The molecule has 32 N–H and O–H groups in total.